The molecule has 0 aliphatic rings. The van der Waals surface area contributed by atoms with Gasteiger partial charge in [0.1, 0.15) is 0 Å². The summed E-state index contributed by atoms with van der Waals surface area (Å²) in [5.74, 6) is -0.190. The molecule has 1 amide bonds. The van der Waals surface area contributed by atoms with Crippen LogP contribution in [0.25, 0.3) is 0 Å². The molecular weight excluding hydrogens is 400 g/mol. The standard InChI is InChI=1S/C20H15ClN2O4S/c1-26-17-11-13(12-22-23-19(24)18-3-2-10-28-18)4-9-16(17)27-20(25)14-5-7-15(21)8-6-14/h2-12H,1H3,(H,23,24)/b22-12-. The predicted octanol–water partition coefficient (Wildman–Crippen LogP) is 4.39. The monoisotopic (exact) mass is 414 g/mol. The third-order valence-electron chi connectivity index (χ3n) is 3.59. The highest BCUT2D eigenvalue weighted by atomic mass is 35.5. The van der Waals surface area contributed by atoms with Gasteiger partial charge in [-0.3, -0.25) is 4.79 Å². The van der Waals surface area contributed by atoms with E-state index in [-0.39, 0.29) is 11.7 Å². The summed E-state index contributed by atoms with van der Waals surface area (Å²) in [6.07, 6.45) is 1.47. The molecule has 2 aromatic carbocycles. The van der Waals surface area contributed by atoms with Crippen LogP contribution < -0.4 is 14.9 Å². The predicted molar refractivity (Wildman–Crippen MR) is 109 cm³/mol. The summed E-state index contributed by atoms with van der Waals surface area (Å²) in [5, 5.41) is 6.27. The number of esters is 1. The van der Waals surface area contributed by atoms with Crippen LogP contribution in [-0.2, 0) is 0 Å². The maximum atomic E-state index is 12.2. The summed E-state index contributed by atoms with van der Waals surface area (Å²) in [5.41, 5.74) is 3.48. The van der Waals surface area contributed by atoms with Crippen molar-refractivity contribution in [3.63, 3.8) is 0 Å². The van der Waals surface area contributed by atoms with Crippen molar-refractivity contribution in [2.45, 2.75) is 0 Å². The minimum absolute atomic E-state index is 0.266. The van der Waals surface area contributed by atoms with E-state index in [2.05, 4.69) is 10.5 Å². The van der Waals surface area contributed by atoms with Gasteiger partial charge < -0.3 is 9.47 Å². The molecule has 3 rings (SSSR count). The Balaban J connectivity index is 1.67. The van der Waals surface area contributed by atoms with Gasteiger partial charge in [-0.05, 0) is 59.5 Å². The van der Waals surface area contributed by atoms with Gasteiger partial charge in [-0.15, -0.1) is 11.3 Å². The molecular formula is C20H15ClN2O4S. The van der Waals surface area contributed by atoms with Crippen molar-refractivity contribution in [1.82, 2.24) is 5.43 Å². The number of amides is 1. The molecule has 6 nitrogen and oxygen atoms in total. The topological polar surface area (TPSA) is 77.0 Å². The minimum Gasteiger partial charge on any atom is -0.493 e. The number of nitrogens with one attached hydrogen (secondary N) is 1. The molecule has 0 bridgehead atoms. The number of carbonyl (C=O) groups excluding carboxylic acids is 2. The zero-order chi connectivity index (χ0) is 19.9. The van der Waals surface area contributed by atoms with Gasteiger partial charge >= 0.3 is 5.97 Å². The van der Waals surface area contributed by atoms with E-state index in [0.29, 0.717) is 26.8 Å². The number of hydrogen-bond donors (Lipinski definition) is 1. The van der Waals surface area contributed by atoms with Crippen molar-refractivity contribution in [2.24, 2.45) is 5.10 Å². The Morgan fingerprint density at radius 2 is 1.89 bits per heavy atom. The second-order valence-corrected chi connectivity index (χ2v) is 6.87. The van der Waals surface area contributed by atoms with Crippen LogP contribution in [0.5, 0.6) is 11.5 Å². The molecule has 28 heavy (non-hydrogen) atoms. The van der Waals surface area contributed by atoms with Crippen LogP contribution in [0.2, 0.25) is 5.02 Å². The first-order chi connectivity index (χ1) is 13.6. The van der Waals surface area contributed by atoms with E-state index in [1.165, 1.54) is 24.7 Å². The summed E-state index contributed by atoms with van der Waals surface area (Å²) in [6.45, 7) is 0. The number of rotatable bonds is 6. The van der Waals surface area contributed by atoms with E-state index < -0.39 is 5.97 Å². The van der Waals surface area contributed by atoms with Crippen molar-refractivity contribution >= 4 is 41.0 Å². The molecule has 8 heteroatoms. The number of carbonyl (C=O) groups is 2. The molecule has 1 heterocycles. The van der Waals surface area contributed by atoms with Gasteiger partial charge in [0.2, 0.25) is 0 Å². The number of methoxy groups -OCH3 is 1. The van der Waals surface area contributed by atoms with Crippen molar-refractivity contribution in [1.29, 1.82) is 0 Å². The highest BCUT2D eigenvalue weighted by Crippen LogP contribution is 2.28. The number of halogens is 1. The lowest BCUT2D eigenvalue weighted by atomic mass is 10.2. The lowest BCUT2D eigenvalue weighted by Crippen LogP contribution is -2.16. The summed E-state index contributed by atoms with van der Waals surface area (Å²) in [4.78, 5) is 24.7. The van der Waals surface area contributed by atoms with Gasteiger partial charge in [-0.1, -0.05) is 17.7 Å². The van der Waals surface area contributed by atoms with E-state index in [1.807, 2.05) is 5.38 Å². The van der Waals surface area contributed by atoms with Gasteiger partial charge in [0.25, 0.3) is 5.91 Å². The molecule has 3 aromatic rings. The van der Waals surface area contributed by atoms with Gasteiger partial charge in [0.05, 0.1) is 23.8 Å². The van der Waals surface area contributed by atoms with E-state index in [9.17, 15) is 9.59 Å². The average Bonchev–Trinajstić information content (AvgIpc) is 3.24. The van der Waals surface area contributed by atoms with Gasteiger partial charge in [-0.25, -0.2) is 10.2 Å². The Hall–Kier alpha value is -3.16. The SMILES string of the molecule is COc1cc(/C=N\NC(=O)c2cccs2)ccc1OC(=O)c1ccc(Cl)cc1. The molecule has 1 N–H and O–H groups in total. The number of hydrazone groups is 1. The van der Waals surface area contributed by atoms with Gasteiger partial charge in [-0.2, -0.15) is 5.10 Å². The number of thiophene rings is 1. The molecule has 0 aliphatic carbocycles. The van der Waals surface area contributed by atoms with E-state index >= 15 is 0 Å². The fourth-order valence-electron chi connectivity index (χ4n) is 2.22. The van der Waals surface area contributed by atoms with Crippen LogP contribution in [0.3, 0.4) is 0 Å². The summed E-state index contributed by atoms with van der Waals surface area (Å²) >= 11 is 7.15. The third-order valence-corrected chi connectivity index (χ3v) is 4.72. The Labute approximate surface area is 170 Å². The first kappa shape index (κ1) is 19.6. The van der Waals surface area contributed by atoms with E-state index in [0.717, 1.165) is 0 Å². The quantitative estimate of drug-likeness (QED) is 0.281. The largest absolute Gasteiger partial charge is 0.493 e. The molecule has 1 aromatic heterocycles. The molecule has 142 valence electrons. The molecule has 0 unspecified atom stereocenters. The smallest absolute Gasteiger partial charge is 0.343 e. The molecule has 0 saturated carbocycles. The number of benzene rings is 2. The number of nitrogens with zero attached hydrogens (tertiary/aromatic N) is 1. The molecule has 0 fully saturated rings. The average molecular weight is 415 g/mol. The Morgan fingerprint density at radius 1 is 1.11 bits per heavy atom. The van der Waals surface area contributed by atoms with Crippen LogP contribution in [0.15, 0.2) is 65.1 Å². The Bertz CT molecular complexity index is 1000. The third kappa shape index (κ3) is 4.97. The van der Waals surface area contributed by atoms with Crippen LogP contribution in [-0.4, -0.2) is 25.2 Å². The fourth-order valence-corrected chi connectivity index (χ4v) is 2.96. The lowest BCUT2D eigenvalue weighted by Gasteiger charge is -2.10. The minimum atomic E-state index is -0.528. The lowest BCUT2D eigenvalue weighted by molar-refractivity contribution is 0.0729. The maximum Gasteiger partial charge on any atom is 0.343 e. The van der Waals surface area contributed by atoms with Crippen LogP contribution in [0.4, 0.5) is 0 Å². The first-order valence-corrected chi connectivity index (χ1v) is 9.35. The number of hydrogen-bond acceptors (Lipinski definition) is 6. The molecule has 0 radical (unpaired) electrons. The van der Waals surface area contributed by atoms with E-state index in [4.69, 9.17) is 21.1 Å². The number of ether oxygens (including phenoxy) is 2. The second-order valence-electron chi connectivity index (χ2n) is 5.48. The van der Waals surface area contributed by atoms with Gasteiger partial charge in [0, 0.05) is 5.02 Å². The fraction of sp³-hybridized carbons (Fsp3) is 0.0500. The molecule has 0 spiro atoms. The summed E-state index contributed by atoms with van der Waals surface area (Å²) < 4.78 is 10.7. The zero-order valence-corrected chi connectivity index (χ0v) is 16.3. The molecule has 0 saturated heterocycles. The van der Waals surface area contributed by atoms with Crippen LogP contribution in [0, 0.1) is 0 Å². The second kappa shape index (κ2) is 9.16. The normalized spacial score (nSPS) is 10.6. The molecule has 0 atom stereocenters. The van der Waals surface area contributed by atoms with Crippen molar-refractivity contribution in [2.75, 3.05) is 7.11 Å². The van der Waals surface area contributed by atoms with Crippen molar-refractivity contribution < 1.29 is 19.1 Å². The summed E-state index contributed by atoms with van der Waals surface area (Å²) in [6, 6.07) is 14.8. The maximum absolute atomic E-state index is 12.2. The van der Waals surface area contributed by atoms with Crippen LogP contribution >= 0.6 is 22.9 Å². The zero-order valence-electron chi connectivity index (χ0n) is 14.7. The highest BCUT2D eigenvalue weighted by molar-refractivity contribution is 7.12. The Kier molecular flexibility index (Phi) is 6.41. The highest BCUT2D eigenvalue weighted by Gasteiger charge is 2.13. The summed E-state index contributed by atoms with van der Waals surface area (Å²) in [7, 11) is 1.47. The first-order valence-electron chi connectivity index (χ1n) is 8.09. The Morgan fingerprint density at radius 3 is 2.57 bits per heavy atom. The van der Waals surface area contributed by atoms with Crippen molar-refractivity contribution in [3.8, 4) is 11.5 Å². The van der Waals surface area contributed by atoms with Gasteiger partial charge in [0.15, 0.2) is 11.5 Å². The van der Waals surface area contributed by atoms with Crippen molar-refractivity contribution in [3.05, 3.63) is 81.0 Å². The molecule has 0 aliphatic heterocycles. The van der Waals surface area contributed by atoms with E-state index in [1.54, 1.807) is 54.6 Å². The van der Waals surface area contributed by atoms with Crippen LogP contribution in [0.1, 0.15) is 25.6 Å².